The van der Waals surface area contributed by atoms with Crippen molar-refractivity contribution >= 4 is 17.3 Å². The molecule has 0 unspecified atom stereocenters. The second kappa shape index (κ2) is 11.9. The summed E-state index contributed by atoms with van der Waals surface area (Å²) in [5.74, 6) is 1.84. The SMILES string of the molecule is CN=C(NCc1ccc(-c2ccc(OC)cc2)s1)N1CCC(OCCCOC)CC1. The number of nitrogens with one attached hydrogen (secondary N) is 1. The largest absolute Gasteiger partial charge is 0.497 e. The Morgan fingerprint density at radius 2 is 1.87 bits per heavy atom. The predicted molar refractivity (Wildman–Crippen MR) is 124 cm³/mol. The van der Waals surface area contributed by atoms with Crippen molar-refractivity contribution in [1.82, 2.24) is 10.2 Å². The summed E-state index contributed by atoms with van der Waals surface area (Å²) in [6.07, 6.45) is 3.38. The van der Waals surface area contributed by atoms with E-state index in [0.29, 0.717) is 6.10 Å². The molecule has 1 N–H and O–H groups in total. The van der Waals surface area contributed by atoms with E-state index in [-0.39, 0.29) is 0 Å². The first-order chi connectivity index (χ1) is 14.7. The Bertz CT molecular complexity index is 783. The molecule has 0 bridgehead atoms. The minimum Gasteiger partial charge on any atom is -0.497 e. The van der Waals surface area contributed by atoms with Gasteiger partial charge in [0.05, 0.1) is 19.8 Å². The fraction of sp³-hybridized carbons (Fsp3) is 0.522. The molecule has 0 spiro atoms. The first kappa shape index (κ1) is 22.6. The van der Waals surface area contributed by atoms with Crippen LogP contribution in [0.1, 0.15) is 24.1 Å². The fourth-order valence-electron chi connectivity index (χ4n) is 3.57. The normalized spacial score (nSPS) is 15.4. The summed E-state index contributed by atoms with van der Waals surface area (Å²) in [5, 5.41) is 3.52. The molecule has 1 saturated heterocycles. The molecule has 2 heterocycles. The summed E-state index contributed by atoms with van der Waals surface area (Å²) in [6.45, 7) is 4.26. The van der Waals surface area contributed by atoms with Crippen molar-refractivity contribution in [1.29, 1.82) is 0 Å². The molecule has 0 atom stereocenters. The molecule has 0 amide bonds. The summed E-state index contributed by atoms with van der Waals surface area (Å²) in [7, 11) is 5.27. The lowest BCUT2D eigenvalue weighted by molar-refractivity contribution is 0.00990. The van der Waals surface area contributed by atoms with Crippen LogP contribution in [0.4, 0.5) is 0 Å². The number of guanidine groups is 1. The van der Waals surface area contributed by atoms with E-state index in [2.05, 4.69) is 39.5 Å². The molecule has 30 heavy (non-hydrogen) atoms. The predicted octanol–water partition coefficient (Wildman–Crippen LogP) is 4.02. The highest BCUT2D eigenvalue weighted by Gasteiger charge is 2.21. The molecular formula is C23H33N3O3S. The zero-order valence-corrected chi connectivity index (χ0v) is 19.0. The molecule has 7 heteroatoms. The summed E-state index contributed by atoms with van der Waals surface area (Å²) in [5.41, 5.74) is 1.21. The molecule has 0 saturated carbocycles. The lowest BCUT2D eigenvalue weighted by Gasteiger charge is -2.34. The van der Waals surface area contributed by atoms with E-state index in [1.807, 2.05) is 19.2 Å². The topological polar surface area (TPSA) is 55.3 Å². The van der Waals surface area contributed by atoms with Crippen molar-refractivity contribution in [2.24, 2.45) is 4.99 Å². The summed E-state index contributed by atoms with van der Waals surface area (Å²) in [6, 6.07) is 12.6. The molecular weight excluding hydrogens is 398 g/mol. The summed E-state index contributed by atoms with van der Waals surface area (Å²) >= 11 is 1.80. The standard InChI is InChI=1S/C23H33N3O3S/c1-24-23(26-13-11-20(12-14-26)29-16-4-15-27-2)25-17-21-9-10-22(30-21)18-5-7-19(28-3)8-6-18/h5-10,20H,4,11-17H2,1-3H3,(H,24,25). The average Bonchev–Trinajstić information content (AvgIpc) is 3.27. The van der Waals surface area contributed by atoms with Crippen LogP contribution in [0.2, 0.25) is 0 Å². The Morgan fingerprint density at radius 1 is 1.10 bits per heavy atom. The van der Waals surface area contributed by atoms with Crippen molar-refractivity contribution in [3.05, 3.63) is 41.3 Å². The van der Waals surface area contributed by atoms with Crippen LogP contribution in [0.25, 0.3) is 10.4 Å². The van der Waals surface area contributed by atoms with Crippen molar-refractivity contribution in [3.63, 3.8) is 0 Å². The Balaban J connectivity index is 1.45. The third-order valence-electron chi connectivity index (χ3n) is 5.26. The van der Waals surface area contributed by atoms with Crippen LogP contribution in [0, 0.1) is 0 Å². The molecule has 164 valence electrons. The molecule has 1 aliphatic heterocycles. The molecule has 6 nitrogen and oxygen atoms in total. The van der Waals surface area contributed by atoms with E-state index in [1.54, 1.807) is 25.6 Å². The number of hydrogen-bond acceptors (Lipinski definition) is 5. The van der Waals surface area contributed by atoms with Gasteiger partial charge in [0.1, 0.15) is 5.75 Å². The Hall–Kier alpha value is -2.09. The van der Waals surface area contributed by atoms with Gasteiger partial charge in [0.25, 0.3) is 0 Å². The maximum Gasteiger partial charge on any atom is 0.193 e. The molecule has 1 aromatic carbocycles. The van der Waals surface area contributed by atoms with Gasteiger partial charge < -0.3 is 24.4 Å². The van der Waals surface area contributed by atoms with Gasteiger partial charge >= 0.3 is 0 Å². The zero-order valence-electron chi connectivity index (χ0n) is 18.2. The van der Waals surface area contributed by atoms with Gasteiger partial charge in [0.2, 0.25) is 0 Å². The number of ether oxygens (including phenoxy) is 3. The van der Waals surface area contributed by atoms with Gasteiger partial charge in [-0.25, -0.2) is 0 Å². The van der Waals surface area contributed by atoms with Crippen molar-refractivity contribution < 1.29 is 14.2 Å². The van der Waals surface area contributed by atoms with Crippen LogP contribution in [-0.4, -0.2) is 64.5 Å². The van der Waals surface area contributed by atoms with Crippen molar-refractivity contribution in [3.8, 4) is 16.2 Å². The number of piperidine rings is 1. The van der Waals surface area contributed by atoms with Gasteiger partial charge in [-0.1, -0.05) is 0 Å². The number of hydrogen-bond donors (Lipinski definition) is 1. The van der Waals surface area contributed by atoms with Crippen LogP contribution in [0.3, 0.4) is 0 Å². The second-order valence-electron chi connectivity index (χ2n) is 7.30. The van der Waals surface area contributed by atoms with Crippen LogP contribution in [-0.2, 0) is 16.0 Å². The highest BCUT2D eigenvalue weighted by atomic mass is 32.1. The molecule has 1 aliphatic rings. The minimum atomic E-state index is 0.348. The van der Waals surface area contributed by atoms with Gasteiger partial charge in [-0.15, -0.1) is 11.3 Å². The Labute approximate surface area is 183 Å². The number of methoxy groups -OCH3 is 2. The fourth-order valence-corrected chi connectivity index (χ4v) is 4.52. The van der Waals surface area contributed by atoms with E-state index in [4.69, 9.17) is 14.2 Å². The maximum atomic E-state index is 5.96. The molecule has 0 aliphatic carbocycles. The van der Waals surface area contributed by atoms with E-state index in [9.17, 15) is 0 Å². The Morgan fingerprint density at radius 3 is 2.53 bits per heavy atom. The van der Waals surface area contributed by atoms with Gasteiger partial charge in [0.15, 0.2) is 5.96 Å². The average molecular weight is 432 g/mol. The molecule has 0 radical (unpaired) electrons. The number of benzene rings is 1. The quantitative estimate of drug-likeness (QED) is 0.369. The first-order valence-corrected chi connectivity index (χ1v) is 11.3. The van der Waals surface area contributed by atoms with E-state index in [0.717, 1.165) is 63.8 Å². The first-order valence-electron chi connectivity index (χ1n) is 10.5. The number of likely N-dealkylation sites (tertiary alicyclic amines) is 1. The van der Waals surface area contributed by atoms with Gasteiger partial charge in [-0.05, 0) is 61.2 Å². The van der Waals surface area contributed by atoms with Gasteiger partial charge in [-0.3, -0.25) is 4.99 Å². The molecule has 3 rings (SSSR count). The Kier molecular flexibility index (Phi) is 8.99. The maximum absolute atomic E-state index is 5.96. The second-order valence-corrected chi connectivity index (χ2v) is 8.47. The van der Waals surface area contributed by atoms with Gasteiger partial charge in [0, 0.05) is 50.2 Å². The van der Waals surface area contributed by atoms with E-state index >= 15 is 0 Å². The number of thiophene rings is 1. The van der Waals surface area contributed by atoms with Crippen LogP contribution < -0.4 is 10.1 Å². The van der Waals surface area contributed by atoms with Crippen LogP contribution in [0.15, 0.2) is 41.4 Å². The van der Waals surface area contributed by atoms with E-state index in [1.165, 1.54) is 15.3 Å². The monoisotopic (exact) mass is 431 g/mol. The molecule has 1 fully saturated rings. The van der Waals surface area contributed by atoms with Crippen LogP contribution >= 0.6 is 11.3 Å². The third kappa shape index (κ3) is 6.45. The summed E-state index contributed by atoms with van der Waals surface area (Å²) < 4.78 is 16.3. The smallest absolute Gasteiger partial charge is 0.193 e. The number of rotatable bonds is 9. The number of aliphatic imine (C=N–C) groups is 1. The third-order valence-corrected chi connectivity index (χ3v) is 6.39. The highest BCUT2D eigenvalue weighted by molar-refractivity contribution is 7.15. The van der Waals surface area contributed by atoms with Crippen LogP contribution in [0.5, 0.6) is 5.75 Å². The summed E-state index contributed by atoms with van der Waals surface area (Å²) in [4.78, 5) is 9.36. The zero-order chi connectivity index (χ0) is 21.2. The number of nitrogens with zero attached hydrogens (tertiary/aromatic N) is 2. The highest BCUT2D eigenvalue weighted by Crippen LogP contribution is 2.29. The van der Waals surface area contributed by atoms with Crippen molar-refractivity contribution in [2.75, 3.05) is 47.6 Å². The van der Waals surface area contributed by atoms with E-state index < -0.39 is 0 Å². The van der Waals surface area contributed by atoms with Crippen molar-refractivity contribution in [2.45, 2.75) is 31.9 Å². The minimum absolute atomic E-state index is 0.348. The molecule has 1 aromatic heterocycles. The van der Waals surface area contributed by atoms with Gasteiger partial charge in [-0.2, -0.15) is 0 Å². The molecule has 2 aromatic rings. The lowest BCUT2D eigenvalue weighted by Crippen LogP contribution is -2.46. The lowest BCUT2D eigenvalue weighted by atomic mass is 10.1.